The fourth-order valence-electron chi connectivity index (χ4n) is 2.40. The van der Waals surface area contributed by atoms with E-state index in [0.717, 1.165) is 18.6 Å². The van der Waals surface area contributed by atoms with Gasteiger partial charge in [0, 0.05) is 23.6 Å². The van der Waals surface area contributed by atoms with Crippen LogP contribution in [0.1, 0.15) is 17.5 Å². The van der Waals surface area contributed by atoms with E-state index in [1.807, 2.05) is 12.5 Å². The topological polar surface area (TPSA) is 70.9 Å². The third kappa shape index (κ3) is 4.02. The Hall–Kier alpha value is -1.46. The summed E-state index contributed by atoms with van der Waals surface area (Å²) >= 11 is 1.71. The van der Waals surface area contributed by atoms with Crippen molar-refractivity contribution in [2.75, 3.05) is 18.6 Å². The highest BCUT2D eigenvalue weighted by atomic mass is 32.2. The van der Waals surface area contributed by atoms with Gasteiger partial charge in [0.2, 0.25) is 5.91 Å². The van der Waals surface area contributed by atoms with Crippen LogP contribution in [0.4, 0.5) is 0 Å². The number of nitrogens with one attached hydrogen (secondary N) is 2. The van der Waals surface area contributed by atoms with Gasteiger partial charge in [-0.2, -0.15) is 11.8 Å². The molecule has 4 nitrogen and oxygen atoms in total. The monoisotopic (exact) mass is 305 g/mol. The Balaban J connectivity index is 1.88. The number of thioether (sulfide) groups is 1. The molecule has 114 valence electrons. The van der Waals surface area contributed by atoms with Gasteiger partial charge in [0.15, 0.2) is 0 Å². The fourth-order valence-corrected chi connectivity index (χ4v) is 2.89. The van der Waals surface area contributed by atoms with Crippen molar-refractivity contribution in [2.45, 2.75) is 25.8 Å². The molecule has 1 aromatic heterocycles. The molecule has 0 bridgehead atoms. The van der Waals surface area contributed by atoms with Gasteiger partial charge in [-0.25, -0.2) is 0 Å². The molecule has 1 amide bonds. The maximum atomic E-state index is 11.8. The third-order valence-electron chi connectivity index (χ3n) is 3.67. The lowest BCUT2D eigenvalue weighted by Crippen LogP contribution is -2.41. The van der Waals surface area contributed by atoms with Crippen LogP contribution in [0.5, 0.6) is 0 Å². The van der Waals surface area contributed by atoms with Crippen molar-refractivity contribution >= 4 is 28.6 Å². The zero-order chi connectivity index (χ0) is 15.2. The number of aryl methyl sites for hydroxylation is 1. The standard InChI is InChI=1S/C16H23N3OS/c1-11-4-3-5-13-12(10-19-15(11)13)6-8-18-16(20)14(17)7-9-21-2/h3-5,10,14,19H,6-9,17H2,1-2H3,(H,18,20)/t14-/m0/s1. The molecule has 0 aliphatic rings. The summed E-state index contributed by atoms with van der Waals surface area (Å²) in [5.74, 6) is 0.858. The van der Waals surface area contributed by atoms with Gasteiger partial charge in [-0.15, -0.1) is 0 Å². The molecule has 0 aliphatic heterocycles. The maximum Gasteiger partial charge on any atom is 0.236 e. The highest BCUT2D eigenvalue weighted by Crippen LogP contribution is 2.21. The Kier molecular flexibility index (Phi) is 5.70. The van der Waals surface area contributed by atoms with E-state index in [0.29, 0.717) is 6.54 Å². The van der Waals surface area contributed by atoms with E-state index in [9.17, 15) is 4.79 Å². The molecule has 1 aromatic carbocycles. The first-order valence-corrected chi connectivity index (χ1v) is 8.60. The fraction of sp³-hybridized carbons (Fsp3) is 0.438. The Labute approximate surface area is 129 Å². The van der Waals surface area contributed by atoms with Crippen LogP contribution >= 0.6 is 11.8 Å². The predicted molar refractivity (Wildman–Crippen MR) is 90.7 cm³/mol. The third-order valence-corrected chi connectivity index (χ3v) is 4.32. The van der Waals surface area contributed by atoms with Crippen molar-refractivity contribution in [3.05, 3.63) is 35.5 Å². The van der Waals surface area contributed by atoms with E-state index in [4.69, 9.17) is 5.73 Å². The van der Waals surface area contributed by atoms with Crippen LogP contribution in [-0.4, -0.2) is 35.5 Å². The quantitative estimate of drug-likeness (QED) is 0.734. The Bertz CT molecular complexity index is 609. The molecule has 0 unspecified atom stereocenters. The Morgan fingerprint density at radius 1 is 1.48 bits per heavy atom. The summed E-state index contributed by atoms with van der Waals surface area (Å²) in [7, 11) is 0. The first-order valence-electron chi connectivity index (χ1n) is 7.21. The number of benzene rings is 1. The molecule has 0 spiro atoms. The highest BCUT2D eigenvalue weighted by molar-refractivity contribution is 7.98. The minimum Gasteiger partial charge on any atom is -0.361 e. The number of amides is 1. The summed E-state index contributed by atoms with van der Waals surface area (Å²) in [5.41, 5.74) is 9.48. The number of rotatable bonds is 7. The van der Waals surface area contributed by atoms with Crippen molar-refractivity contribution in [3.8, 4) is 0 Å². The van der Waals surface area contributed by atoms with Gasteiger partial charge in [-0.3, -0.25) is 4.79 Å². The highest BCUT2D eigenvalue weighted by Gasteiger charge is 2.12. The smallest absolute Gasteiger partial charge is 0.236 e. The summed E-state index contributed by atoms with van der Waals surface area (Å²) in [6, 6.07) is 5.86. The van der Waals surface area contributed by atoms with Gasteiger partial charge in [0.1, 0.15) is 0 Å². The second-order valence-corrected chi connectivity index (χ2v) is 6.23. The van der Waals surface area contributed by atoms with Crippen LogP contribution < -0.4 is 11.1 Å². The zero-order valence-electron chi connectivity index (χ0n) is 12.6. The summed E-state index contributed by atoms with van der Waals surface area (Å²) < 4.78 is 0. The lowest BCUT2D eigenvalue weighted by molar-refractivity contribution is -0.122. The molecule has 0 aliphatic carbocycles. The van der Waals surface area contributed by atoms with Crippen molar-refractivity contribution in [3.63, 3.8) is 0 Å². The molecule has 2 rings (SSSR count). The van der Waals surface area contributed by atoms with E-state index in [2.05, 4.69) is 35.4 Å². The SMILES string of the molecule is CSCC[C@H](N)C(=O)NCCc1c[nH]c2c(C)cccc12. The average molecular weight is 305 g/mol. The molecule has 0 saturated carbocycles. The van der Waals surface area contributed by atoms with E-state index < -0.39 is 6.04 Å². The lowest BCUT2D eigenvalue weighted by Gasteiger charge is -2.11. The average Bonchev–Trinajstić information content (AvgIpc) is 2.89. The van der Waals surface area contributed by atoms with E-state index in [-0.39, 0.29) is 5.91 Å². The summed E-state index contributed by atoms with van der Waals surface area (Å²) in [4.78, 5) is 15.1. The maximum absolute atomic E-state index is 11.8. The minimum atomic E-state index is -0.400. The number of hydrogen-bond donors (Lipinski definition) is 3. The number of H-pyrrole nitrogens is 1. The van der Waals surface area contributed by atoms with E-state index >= 15 is 0 Å². The number of aromatic amines is 1. The lowest BCUT2D eigenvalue weighted by atomic mass is 10.1. The van der Waals surface area contributed by atoms with Crippen LogP contribution in [-0.2, 0) is 11.2 Å². The predicted octanol–water partition coefficient (Wildman–Crippen LogP) is 2.22. The second kappa shape index (κ2) is 7.52. The Morgan fingerprint density at radius 2 is 2.29 bits per heavy atom. The van der Waals surface area contributed by atoms with Crippen molar-refractivity contribution in [1.82, 2.24) is 10.3 Å². The largest absolute Gasteiger partial charge is 0.361 e. The molecule has 1 atom stereocenters. The van der Waals surface area contributed by atoms with Gasteiger partial charge < -0.3 is 16.0 Å². The first kappa shape index (κ1) is 15.9. The number of fused-ring (bicyclic) bond motifs is 1. The zero-order valence-corrected chi connectivity index (χ0v) is 13.4. The molecular formula is C16H23N3OS. The number of carbonyl (C=O) groups is 1. The first-order chi connectivity index (χ1) is 10.1. The molecule has 0 radical (unpaired) electrons. The van der Waals surface area contributed by atoms with Crippen molar-refractivity contribution in [1.29, 1.82) is 0 Å². The number of aromatic nitrogens is 1. The van der Waals surface area contributed by atoms with Crippen molar-refractivity contribution in [2.24, 2.45) is 5.73 Å². The molecule has 1 heterocycles. The molecule has 0 fully saturated rings. The molecule has 4 N–H and O–H groups in total. The molecule has 5 heteroatoms. The van der Waals surface area contributed by atoms with Gasteiger partial charge in [0.05, 0.1) is 6.04 Å². The van der Waals surface area contributed by atoms with Crippen LogP contribution in [0, 0.1) is 6.92 Å². The summed E-state index contributed by atoms with van der Waals surface area (Å²) in [5, 5.41) is 4.15. The van der Waals surface area contributed by atoms with Crippen molar-refractivity contribution < 1.29 is 4.79 Å². The van der Waals surface area contributed by atoms with E-state index in [1.54, 1.807) is 11.8 Å². The summed E-state index contributed by atoms with van der Waals surface area (Å²) in [6.07, 6.45) is 5.57. The van der Waals surface area contributed by atoms with Gasteiger partial charge in [-0.1, -0.05) is 18.2 Å². The number of hydrogen-bond acceptors (Lipinski definition) is 3. The molecule has 2 aromatic rings. The normalized spacial score (nSPS) is 12.5. The minimum absolute atomic E-state index is 0.0555. The van der Waals surface area contributed by atoms with Crippen LogP contribution in [0.15, 0.2) is 24.4 Å². The van der Waals surface area contributed by atoms with Crippen LogP contribution in [0.25, 0.3) is 10.9 Å². The van der Waals surface area contributed by atoms with Crippen LogP contribution in [0.3, 0.4) is 0 Å². The Morgan fingerprint density at radius 3 is 3.05 bits per heavy atom. The van der Waals surface area contributed by atoms with Gasteiger partial charge in [-0.05, 0) is 42.9 Å². The van der Waals surface area contributed by atoms with E-state index in [1.165, 1.54) is 22.0 Å². The number of para-hydroxylation sites is 1. The number of carbonyl (C=O) groups excluding carboxylic acids is 1. The molecular weight excluding hydrogens is 282 g/mol. The van der Waals surface area contributed by atoms with Gasteiger partial charge >= 0.3 is 0 Å². The number of nitrogens with two attached hydrogens (primary N) is 1. The van der Waals surface area contributed by atoms with Crippen LogP contribution in [0.2, 0.25) is 0 Å². The summed E-state index contributed by atoms with van der Waals surface area (Å²) in [6.45, 7) is 2.71. The van der Waals surface area contributed by atoms with Gasteiger partial charge in [0.25, 0.3) is 0 Å². The molecule has 21 heavy (non-hydrogen) atoms. The second-order valence-electron chi connectivity index (χ2n) is 5.24. The molecule has 0 saturated heterocycles.